The molecule has 1 fully saturated rings. The van der Waals surface area contributed by atoms with Crippen molar-refractivity contribution in [1.82, 2.24) is 15.1 Å². The van der Waals surface area contributed by atoms with Crippen LogP contribution in [0, 0.1) is 6.92 Å². The summed E-state index contributed by atoms with van der Waals surface area (Å²) in [6, 6.07) is 8.23. The zero-order chi connectivity index (χ0) is 16.5. The number of rotatable bonds is 3. The number of likely N-dealkylation sites (tertiary alicyclic amines) is 1. The number of piperidine rings is 1. The van der Waals surface area contributed by atoms with Gasteiger partial charge in [-0.1, -0.05) is 12.1 Å². The average molecular weight is 325 g/mol. The van der Waals surface area contributed by atoms with Crippen molar-refractivity contribution in [2.75, 3.05) is 19.7 Å². The van der Waals surface area contributed by atoms with Gasteiger partial charge in [0.2, 0.25) is 5.91 Å². The molecule has 126 valence electrons. The summed E-state index contributed by atoms with van der Waals surface area (Å²) in [5.74, 6) is 1.53. The summed E-state index contributed by atoms with van der Waals surface area (Å²) in [7, 11) is 0. The number of amides is 1. The van der Waals surface area contributed by atoms with Crippen LogP contribution < -0.4 is 4.74 Å². The number of aromatic amines is 1. The van der Waals surface area contributed by atoms with Crippen LogP contribution in [0.1, 0.15) is 41.3 Å². The molecule has 1 N–H and O–H groups in total. The first kappa shape index (κ1) is 15.2. The minimum Gasteiger partial charge on any atom is -0.493 e. The summed E-state index contributed by atoms with van der Waals surface area (Å²) in [4.78, 5) is 14.7. The zero-order valence-electron chi connectivity index (χ0n) is 14.0. The molecule has 5 heteroatoms. The molecule has 24 heavy (non-hydrogen) atoms. The van der Waals surface area contributed by atoms with Crippen molar-refractivity contribution in [3.63, 3.8) is 0 Å². The average Bonchev–Trinajstić information content (AvgIpc) is 3.23. The fraction of sp³-hybridized carbons (Fsp3) is 0.474. The van der Waals surface area contributed by atoms with Crippen LogP contribution in [-0.2, 0) is 17.6 Å². The van der Waals surface area contributed by atoms with Gasteiger partial charge in [0, 0.05) is 31.1 Å². The highest BCUT2D eigenvalue weighted by Crippen LogP contribution is 2.28. The number of carbonyl (C=O) groups is 1. The largest absolute Gasteiger partial charge is 0.493 e. The van der Waals surface area contributed by atoms with Gasteiger partial charge in [0.1, 0.15) is 5.75 Å². The number of fused-ring (bicyclic) bond motifs is 1. The van der Waals surface area contributed by atoms with E-state index < -0.39 is 0 Å². The van der Waals surface area contributed by atoms with Gasteiger partial charge >= 0.3 is 0 Å². The smallest absolute Gasteiger partial charge is 0.227 e. The number of hydrogen-bond donors (Lipinski definition) is 1. The first-order valence-corrected chi connectivity index (χ1v) is 8.73. The number of aryl methyl sites for hydroxylation is 1. The highest BCUT2D eigenvalue weighted by atomic mass is 16.5. The molecule has 1 aromatic carbocycles. The highest BCUT2D eigenvalue weighted by molar-refractivity contribution is 5.79. The van der Waals surface area contributed by atoms with Crippen LogP contribution in [-0.4, -0.2) is 40.7 Å². The minimum atomic E-state index is 0.214. The molecular formula is C19H23N3O2. The molecule has 3 heterocycles. The van der Waals surface area contributed by atoms with E-state index in [-0.39, 0.29) is 5.91 Å². The molecule has 0 spiro atoms. The van der Waals surface area contributed by atoms with E-state index in [1.54, 1.807) is 0 Å². The lowest BCUT2D eigenvalue weighted by Gasteiger charge is -2.32. The standard InChI is InChI=1S/C19H23N3O2/c1-13-9-17(21-20-13)16-3-2-7-22(12-16)19(23)11-14-4-5-18-15(10-14)6-8-24-18/h4-5,9-10,16H,2-3,6-8,11-12H2,1H3,(H,20,21). The number of nitrogens with one attached hydrogen (secondary N) is 1. The Morgan fingerprint density at radius 3 is 3.17 bits per heavy atom. The minimum absolute atomic E-state index is 0.214. The summed E-state index contributed by atoms with van der Waals surface area (Å²) in [5.41, 5.74) is 4.47. The van der Waals surface area contributed by atoms with Crippen LogP contribution in [0.15, 0.2) is 24.3 Å². The van der Waals surface area contributed by atoms with Crippen molar-refractivity contribution in [3.8, 4) is 5.75 Å². The molecule has 1 unspecified atom stereocenters. The van der Waals surface area contributed by atoms with Gasteiger partial charge in [-0.3, -0.25) is 9.89 Å². The van der Waals surface area contributed by atoms with Crippen LogP contribution in [0.2, 0.25) is 0 Å². The number of aromatic nitrogens is 2. The summed E-state index contributed by atoms with van der Waals surface area (Å²) in [5, 5.41) is 7.39. The number of hydrogen-bond acceptors (Lipinski definition) is 3. The molecular weight excluding hydrogens is 302 g/mol. The molecule has 1 amide bonds. The summed E-state index contributed by atoms with van der Waals surface area (Å²) in [6.45, 7) is 4.40. The van der Waals surface area contributed by atoms with Crippen LogP contribution in [0.5, 0.6) is 5.75 Å². The molecule has 0 aliphatic carbocycles. The molecule has 1 atom stereocenters. The lowest BCUT2D eigenvalue weighted by molar-refractivity contribution is -0.131. The van der Waals surface area contributed by atoms with Gasteiger partial charge in [-0.25, -0.2) is 0 Å². The fourth-order valence-corrected chi connectivity index (χ4v) is 3.73. The van der Waals surface area contributed by atoms with Gasteiger partial charge in [0.15, 0.2) is 0 Å². The zero-order valence-corrected chi connectivity index (χ0v) is 14.0. The topological polar surface area (TPSA) is 58.2 Å². The molecule has 2 aliphatic heterocycles. The molecule has 5 nitrogen and oxygen atoms in total. The van der Waals surface area contributed by atoms with E-state index in [0.29, 0.717) is 12.3 Å². The van der Waals surface area contributed by atoms with Gasteiger partial charge in [-0.2, -0.15) is 5.10 Å². The number of benzene rings is 1. The van der Waals surface area contributed by atoms with Crippen LogP contribution in [0.3, 0.4) is 0 Å². The number of nitrogens with zero attached hydrogens (tertiary/aromatic N) is 2. The first-order valence-electron chi connectivity index (χ1n) is 8.73. The first-order chi connectivity index (χ1) is 11.7. The third-order valence-corrected chi connectivity index (χ3v) is 5.03. The summed E-state index contributed by atoms with van der Waals surface area (Å²) in [6.07, 6.45) is 3.56. The van der Waals surface area contributed by atoms with Crippen LogP contribution in [0.25, 0.3) is 0 Å². The van der Waals surface area contributed by atoms with Crippen LogP contribution >= 0.6 is 0 Å². The molecule has 0 saturated carbocycles. The Labute approximate surface area is 142 Å². The predicted octanol–water partition coefficient (Wildman–Crippen LogP) is 2.60. The lowest BCUT2D eigenvalue weighted by Crippen LogP contribution is -2.40. The second-order valence-electron chi connectivity index (χ2n) is 6.87. The van der Waals surface area contributed by atoms with E-state index in [9.17, 15) is 4.79 Å². The SMILES string of the molecule is Cc1cc(C2CCCN(C(=O)Cc3ccc4c(c3)CCO4)C2)n[nH]1. The van der Waals surface area contributed by atoms with Crippen molar-refractivity contribution < 1.29 is 9.53 Å². The summed E-state index contributed by atoms with van der Waals surface area (Å²) < 4.78 is 5.53. The van der Waals surface area contributed by atoms with Crippen LogP contribution in [0.4, 0.5) is 0 Å². The Bertz CT molecular complexity index is 753. The van der Waals surface area contributed by atoms with E-state index >= 15 is 0 Å². The fourth-order valence-electron chi connectivity index (χ4n) is 3.73. The Hall–Kier alpha value is -2.30. The quantitative estimate of drug-likeness (QED) is 0.944. The molecule has 4 rings (SSSR count). The highest BCUT2D eigenvalue weighted by Gasteiger charge is 2.26. The Morgan fingerprint density at radius 1 is 1.42 bits per heavy atom. The van der Waals surface area contributed by atoms with E-state index in [2.05, 4.69) is 22.3 Å². The number of H-pyrrole nitrogens is 1. The third kappa shape index (κ3) is 3.03. The van der Waals surface area contributed by atoms with Gasteiger partial charge < -0.3 is 9.64 Å². The maximum atomic E-state index is 12.7. The van der Waals surface area contributed by atoms with Crippen molar-refractivity contribution in [2.45, 2.75) is 38.5 Å². The Kier molecular flexibility index (Phi) is 4.00. The van der Waals surface area contributed by atoms with Gasteiger partial charge in [-0.05, 0) is 43.0 Å². The summed E-state index contributed by atoms with van der Waals surface area (Å²) >= 11 is 0. The van der Waals surface area contributed by atoms with E-state index in [1.165, 1.54) is 5.56 Å². The van der Waals surface area contributed by atoms with Gasteiger partial charge in [-0.15, -0.1) is 0 Å². The maximum absolute atomic E-state index is 12.7. The van der Waals surface area contributed by atoms with Gasteiger partial charge in [0.05, 0.1) is 18.7 Å². The molecule has 2 aromatic rings. The normalized spacial score (nSPS) is 19.9. The molecule has 1 saturated heterocycles. The predicted molar refractivity (Wildman–Crippen MR) is 91.2 cm³/mol. The van der Waals surface area contributed by atoms with E-state index in [4.69, 9.17) is 4.74 Å². The Balaban J connectivity index is 1.42. The maximum Gasteiger partial charge on any atom is 0.227 e. The molecule has 1 aromatic heterocycles. The molecule has 0 radical (unpaired) electrons. The van der Waals surface area contributed by atoms with E-state index in [0.717, 1.165) is 61.7 Å². The van der Waals surface area contributed by atoms with Crippen molar-refractivity contribution >= 4 is 5.91 Å². The van der Waals surface area contributed by atoms with Crippen molar-refractivity contribution in [1.29, 1.82) is 0 Å². The van der Waals surface area contributed by atoms with E-state index in [1.807, 2.05) is 24.0 Å². The lowest BCUT2D eigenvalue weighted by atomic mass is 9.94. The second-order valence-corrected chi connectivity index (χ2v) is 6.87. The number of ether oxygens (including phenoxy) is 1. The second kappa shape index (κ2) is 6.30. The molecule has 0 bridgehead atoms. The van der Waals surface area contributed by atoms with Crippen molar-refractivity contribution in [3.05, 3.63) is 46.8 Å². The monoisotopic (exact) mass is 325 g/mol. The Morgan fingerprint density at radius 2 is 2.33 bits per heavy atom. The molecule has 2 aliphatic rings. The van der Waals surface area contributed by atoms with Crippen molar-refractivity contribution in [2.24, 2.45) is 0 Å². The third-order valence-electron chi connectivity index (χ3n) is 5.03. The number of carbonyl (C=O) groups excluding carboxylic acids is 1. The van der Waals surface area contributed by atoms with Gasteiger partial charge in [0.25, 0.3) is 0 Å².